The summed E-state index contributed by atoms with van der Waals surface area (Å²) in [5, 5.41) is 5.86. The molecule has 152 valence electrons. The standard InChI is InChI=1S/C22H26N4O3/c27-21(18-6-8-19(9-7-18)26-11-10-23-22(26)28)24-16-20(17-4-2-1-3-5-17)25-12-14-29-15-13-25/h1-9,20H,10-16H2,(H,23,28)(H,24,27). The lowest BCUT2D eigenvalue weighted by Gasteiger charge is -2.35. The molecule has 1 unspecified atom stereocenters. The molecule has 7 heteroatoms. The van der Waals surface area contributed by atoms with E-state index in [1.807, 2.05) is 30.3 Å². The maximum atomic E-state index is 12.7. The summed E-state index contributed by atoms with van der Waals surface area (Å²) in [7, 11) is 0. The number of urea groups is 1. The zero-order chi connectivity index (χ0) is 20.1. The average Bonchev–Trinajstić information content (AvgIpc) is 3.21. The van der Waals surface area contributed by atoms with Crippen molar-refractivity contribution in [3.63, 3.8) is 0 Å². The first-order valence-electron chi connectivity index (χ1n) is 10.0. The van der Waals surface area contributed by atoms with Gasteiger partial charge < -0.3 is 15.4 Å². The number of carbonyl (C=O) groups is 2. The lowest BCUT2D eigenvalue weighted by molar-refractivity contribution is 0.0162. The first-order chi connectivity index (χ1) is 14.2. The maximum absolute atomic E-state index is 12.7. The summed E-state index contributed by atoms with van der Waals surface area (Å²) in [4.78, 5) is 28.5. The van der Waals surface area contributed by atoms with Crippen LogP contribution >= 0.6 is 0 Å². The predicted molar refractivity (Wildman–Crippen MR) is 111 cm³/mol. The minimum atomic E-state index is -0.114. The fourth-order valence-corrected chi connectivity index (χ4v) is 3.82. The van der Waals surface area contributed by atoms with Gasteiger partial charge in [0.2, 0.25) is 0 Å². The Hall–Kier alpha value is -2.90. The first-order valence-corrected chi connectivity index (χ1v) is 10.0. The van der Waals surface area contributed by atoms with Crippen molar-refractivity contribution in [1.29, 1.82) is 0 Å². The van der Waals surface area contributed by atoms with Gasteiger partial charge in [-0.1, -0.05) is 30.3 Å². The molecule has 4 rings (SSSR count). The fraction of sp³-hybridized carbons (Fsp3) is 0.364. The number of rotatable bonds is 6. The van der Waals surface area contributed by atoms with Crippen molar-refractivity contribution >= 4 is 17.6 Å². The molecule has 29 heavy (non-hydrogen) atoms. The molecule has 2 N–H and O–H groups in total. The molecule has 0 radical (unpaired) electrons. The van der Waals surface area contributed by atoms with Crippen molar-refractivity contribution in [2.75, 3.05) is 50.8 Å². The highest BCUT2D eigenvalue weighted by Gasteiger charge is 2.24. The number of hydrogen-bond donors (Lipinski definition) is 2. The van der Waals surface area contributed by atoms with Crippen LogP contribution in [0.1, 0.15) is 22.0 Å². The van der Waals surface area contributed by atoms with Crippen molar-refractivity contribution < 1.29 is 14.3 Å². The third-order valence-electron chi connectivity index (χ3n) is 5.42. The molecule has 0 saturated carbocycles. The Balaban J connectivity index is 1.41. The highest BCUT2D eigenvalue weighted by molar-refractivity contribution is 5.97. The summed E-state index contributed by atoms with van der Waals surface area (Å²) in [6.45, 7) is 4.93. The Kier molecular flexibility index (Phi) is 6.07. The third-order valence-corrected chi connectivity index (χ3v) is 5.42. The summed E-state index contributed by atoms with van der Waals surface area (Å²) in [5.41, 5.74) is 2.57. The summed E-state index contributed by atoms with van der Waals surface area (Å²) in [5.74, 6) is -0.114. The second kappa shape index (κ2) is 9.07. The number of nitrogens with zero attached hydrogens (tertiary/aromatic N) is 2. The topological polar surface area (TPSA) is 73.9 Å². The van der Waals surface area contributed by atoms with Gasteiger partial charge in [-0.2, -0.15) is 0 Å². The highest BCUT2D eigenvalue weighted by Crippen LogP contribution is 2.22. The minimum Gasteiger partial charge on any atom is -0.379 e. The Morgan fingerprint density at radius 3 is 2.41 bits per heavy atom. The molecule has 2 heterocycles. The molecule has 0 aromatic heterocycles. The maximum Gasteiger partial charge on any atom is 0.321 e. The molecule has 2 aromatic carbocycles. The molecule has 0 bridgehead atoms. The van der Waals surface area contributed by atoms with Gasteiger partial charge in [-0.3, -0.25) is 14.6 Å². The predicted octanol–water partition coefficient (Wildman–Crippen LogP) is 2.02. The molecule has 3 amide bonds. The molecule has 7 nitrogen and oxygen atoms in total. The van der Waals surface area contributed by atoms with Crippen molar-refractivity contribution in [3.8, 4) is 0 Å². The number of amides is 3. The SMILES string of the molecule is O=C(NCC(c1ccccc1)N1CCOCC1)c1ccc(N2CCNC2=O)cc1. The molecular formula is C22H26N4O3. The van der Waals surface area contributed by atoms with Crippen LogP contribution in [0.5, 0.6) is 0 Å². The molecule has 2 aromatic rings. The molecule has 2 aliphatic rings. The van der Waals surface area contributed by atoms with Crippen molar-refractivity contribution in [3.05, 3.63) is 65.7 Å². The van der Waals surface area contributed by atoms with E-state index in [0.29, 0.717) is 38.4 Å². The molecule has 0 spiro atoms. The summed E-state index contributed by atoms with van der Waals surface area (Å²) >= 11 is 0. The van der Waals surface area contributed by atoms with E-state index in [-0.39, 0.29) is 18.0 Å². The fourth-order valence-electron chi connectivity index (χ4n) is 3.82. The van der Waals surface area contributed by atoms with E-state index in [2.05, 4.69) is 27.7 Å². The number of morpholine rings is 1. The van der Waals surface area contributed by atoms with Crippen molar-refractivity contribution in [2.45, 2.75) is 6.04 Å². The summed E-state index contributed by atoms with van der Waals surface area (Å²) < 4.78 is 5.48. The molecule has 2 fully saturated rings. The van der Waals surface area contributed by atoms with Gasteiger partial charge in [0.15, 0.2) is 0 Å². The average molecular weight is 394 g/mol. The second-order valence-electron chi connectivity index (χ2n) is 7.22. The van der Waals surface area contributed by atoms with Gasteiger partial charge in [0.05, 0.1) is 19.3 Å². The summed E-state index contributed by atoms with van der Waals surface area (Å²) in [6.07, 6.45) is 0. The van der Waals surface area contributed by atoms with Gasteiger partial charge in [0.1, 0.15) is 0 Å². The molecule has 1 atom stereocenters. The largest absolute Gasteiger partial charge is 0.379 e. The zero-order valence-electron chi connectivity index (χ0n) is 16.3. The molecule has 2 aliphatic heterocycles. The number of carbonyl (C=O) groups excluding carboxylic acids is 2. The summed E-state index contributed by atoms with van der Waals surface area (Å²) in [6, 6.07) is 17.4. The van der Waals surface area contributed by atoms with Crippen LogP contribution in [0.25, 0.3) is 0 Å². The molecule has 2 saturated heterocycles. The second-order valence-corrected chi connectivity index (χ2v) is 7.22. The number of hydrogen-bond acceptors (Lipinski definition) is 4. The van der Waals surface area contributed by atoms with Crippen LogP contribution in [-0.4, -0.2) is 62.8 Å². The van der Waals surface area contributed by atoms with Crippen molar-refractivity contribution in [2.24, 2.45) is 0 Å². The Bertz CT molecular complexity index is 835. The monoisotopic (exact) mass is 394 g/mol. The van der Waals surface area contributed by atoms with Crippen LogP contribution in [0.2, 0.25) is 0 Å². The van der Waals surface area contributed by atoms with Crippen LogP contribution in [0, 0.1) is 0 Å². The third kappa shape index (κ3) is 4.58. The van der Waals surface area contributed by atoms with Gasteiger partial charge in [0.25, 0.3) is 5.91 Å². The van der Waals surface area contributed by atoms with E-state index in [9.17, 15) is 9.59 Å². The van der Waals surface area contributed by atoms with Crippen LogP contribution in [0.4, 0.5) is 10.5 Å². The van der Waals surface area contributed by atoms with Gasteiger partial charge in [0, 0.05) is 44.0 Å². The van der Waals surface area contributed by atoms with Gasteiger partial charge in [-0.05, 0) is 29.8 Å². The van der Waals surface area contributed by atoms with E-state index in [1.165, 1.54) is 5.56 Å². The lowest BCUT2D eigenvalue weighted by Crippen LogP contribution is -2.43. The molecular weight excluding hydrogens is 368 g/mol. The lowest BCUT2D eigenvalue weighted by atomic mass is 10.0. The van der Waals surface area contributed by atoms with Crippen LogP contribution in [-0.2, 0) is 4.74 Å². The van der Waals surface area contributed by atoms with Gasteiger partial charge in [-0.15, -0.1) is 0 Å². The number of anilines is 1. The zero-order valence-corrected chi connectivity index (χ0v) is 16.3. The van der Waals surface area contributed by atoms with Gasteiger partial charge in [-0.25, -0.2) is 4.79 Å². The highest BCUT2D eigenvalue weighted by atomic mass is 16.5. The smallest absolute Gasteiger partial charge is 0.321 e. The quantitative estimate of drug-likeness (QED) is 0.786. The number of benzene rings is 2. The van der Waals surface area contributed by atoms with Gasteiger partial charge >= 0.3 is 6.03 Å². The van der Waals surface area contributed by atoms with Crippen LogP contribution in [0.15, 0.2) is 54.6 Å². The minimum absolute atomic E-state index is 0.0987. The van der Waals surface area contributed by atoms with Crippen LogP contribution in [0.3, 0.4) is 0 Å². The van der Waals surface area contributed by atoms with E-state index in [0.717, 1.165) is 18.8 Å². The van der Waals surface area contributed by atoms with E-state index < -0.39 is 0 Å². The van der Waals surface area contributed by atoms with E-state index >= 15 is 0 Å². The number of ether oxygens (including phenoxy) is 1. The Labute approximate surface area is 170 Å². The Morgan fingerprint density at radius 2 is 1.76 bits per heavy atom. The number of nitrogens with one attached hydrogen (secondary N) is 2. The van der Waals surface area contributed by atoms with E-state index in [4.69, 9.17) is 4.74 Å². The molecule has 0 aliphatic carbocycles. The van der Waals surface area contributed by atoms with Crippen LogP contribution < -0.4 is 15.5 Å². The van der Waals surface area contributed by atoms with Crippen molar-refractivity contribution in [1.82, 2.24) is 15.5 Å². The Morgan fingerprint density at radius 1 is 1.03 bits per heavy atom. The normalized spacial score (nSPS) is 18.3. The van der Waals surface area contributed by atoms with E-state index in [1.54, 1.807) is 17.0 Å². The first kappa shape index (κ1) is 19.4.